The van der Waals surface area contributed by atoms with Gasteiger partial charge in [0, 0.05) is 11.9 Å². The average Bonchev–Trinajstić information content (AvgIpc) is 2.98. The quantitative estimate of drug-likeness (QED) is 0.555. The summed E-state index contributed by atoms with van der Waals surface area (Å²) < 4.78 is 37.6. The van der Waals surface area contributed by atoms with E-state index < -0.39 is 17.8 Å². The number of alkyl halides is 3. The van der Waals surface area contributed by atoms with Crippen molar-refractivity contribution in [2.24, 2.45) is 0 Å². The lowest BCUT2D eigenvalue weighted by atomic mass is 10.1. The van der Waals surface area contributed by atoms with Crippen LogP contribution in [0.5, 0.6) is 0 Å². The highest BCUT2D eigenvalue weighted by atomic mass is 19.4. The summed E-state index contributed by atoms with van der Waals surface area (Å²) in [6.07, 6.45) is -2.80. The standard InChI is InChI=1S/C20H13F3N2O/c21-20(22,23)18-8-5-13(11-24-18)19(26)25-15-6-7-17-14(10-15)9-12-3-1-2-4-16(12)17/h1-8,10-11H,9H2,(H,25,26). The van der Waals surface area contributed by atoms with E-state index >= 15 is 0 Å². The smallest absolute Gasteiger partial charge is 0.322 e. The molecule has 0 saturated heterocycles. The number of carbonyl (C=O) groups excluding carboxylic acids is 1. The molecule has 1 aliphatic rings. The molecule has 0 bridgehead atoms. The summed E-state index contributed by atoms with van der Waals surface area (Å²) in [5.74, 6) is -0.498. The van der Waals surface area contributed by atoms with E-state index in [1.807, 2.05) is 24.3 Å². The van der Waals surface area contributed by atoms with Gasteiger partial charge in [-0.15, -0.1) is 0 Å². The summed E-state index contributed by atoms with van der Waals surface area (Å²) >= 11 is 0. The first-order chi connectivity index (χ1) is 12.4. The second-order valence-corrected chi connectivity index (χ2v) is 6.09. The maximum absolute atomic E-state index is 12.5. The zero-order valence-electron chi connectivity index (χ0n) is 13.5. The van der Waals surface area contributed by atoms with Crippen LogP contribution in [0.1, 0.15) is 27.2 Å². The SMILES string of the molecule is O=C(Nc1ccc2c(c1)Cc1ccccc1-2)c1ccc(C(F)(F)F)nc1. The Hall–Kier alpha value is -3.15. The van der Waals surface area contributed by atoms with Gasteiger partial charge in [-0.05, 0) is 52.9 Å². The molecule has 0 saturated carbocycles. The van der Waals surface area contributed by atoms with E-state index in [0.717, 1.165) is 35.9 Å². The number of nitrogens with zero attached hydrogens (tertiary/aromatic N) is 1. The molecule has 1 aromatic heterocycles. The van der Waals surface area contributed by atoms with Crippen LogP contribution in [0.25, 0.3) is 11.1 Å². The van der Waals surface area contributed by atoms with E-state index in [0.29, 0.717) is 5.69 Å². The molecule has 6 heteroatoms. The Balaban J connectivity index is 1.53. The fourth-order valence-electron chi connectivity index (χ4n) is 3.12. The van der Waals surface area contributed by atoms with E-state index in [1.54, 1.807) is 6.07 Å². The molecule has 0 radical (unpaired) electrons. The molecule has 0 aliphatic heterocycles. The topological polar surface area (TPSA) is 42.0 Å². The highest BCUT2D eigenvalue weighted by Crippen LogP contribution is 2.37. The lowest BCUT2D eigenvalue weighted by Crippen LogP contribution is -2.14. The third kappa shape index (κ3) is 2.94. The van der Waals surface area contributed by atoms with Gasteiger partial charge >= 0.3 is 6.18 Å². The van der Waals surface area contributed by atoms with Crippen LogP contribution in [0.3, 0.4) is 0 Å². The van der Waals surface area contributed by atoms with Crippen molar-refractivity contribution in [3.63, 3.8) is 0 Å². The normalized spacial score (nSPS) is 12.4. The van der Waals surface area contributed by atoms with Crippen molar-refractivity contribution < 1.29 is 18.0 Å². The Morgan fingerprint density at radius 2 is 1.73 bits per heavy atom. The zero-order valence-corrected chi connectivity index (χ0v) is 13.5. The molecule has 0 spiro atoms. The number of amides is 1. The number of nitrogens with one attached hydrogen (secondary N) is 1. The van der Waals surface area contributed by atoms with Crippen molar-refractivity contribution in [1.82, 2.24) is 4.98 Å². The number of anilines is 1. The molecule has 130 valence electrons. The molecule has 1 amide bonds. The van der Waals surface area contributed by atoms with Crippen molar-refractivity contribution >= 4 is 11.6 Å². The van der Waals surface area contributed by atoms with E-state index in [-0.39, 0.29) is 5.56 Å². The predicted molar refractivity (Wildman–Crippen MR) is 91.9 cm³/mol. The van der Waals surface area contributed by atoms with Gasteiger partial charge in [-0.1, -0.05) is 30.3 Å². The van der Waals surface area contributed by atoms with Gasteiger partial charge in [0.2, 0.25) is 0 Å². The molecule has 3 aromatic rings. The molecule has 4 rings (SSSR count). The molecular weight excluding hydrogens is 341 g/mol. The molecule has 3 nitrogen and oxygen atoms in total. The summed E-state index contributed by atoms with van der Waals surface area (Å²) in [4.78, 5) is 15.6. The molecule has 1 N–H and O–H groups in total. The molecule has 2 aromatic carbocycles. The number of fused-ring (bicyclic) bond motifs is 3. The van der Waals surface area contributed by atoms with Crippen LogP contribution in [0.2, 0.25) is 0 Å². The number of rotatable bonds is 2. The van der Waals surface area contributed by atoms with Gasteiger partial charge in [-0.2, -0.15) is 13.2 Å². The number of pyridine rings is 1. The number of aromatic nitrogens is 1. The van der Waals surface area contributed by atoms with Crippen molar-refractivity contribution in [1.29, 1.82) is 0 Å². The van der Waals surface area contributed by atoms with Gasteiger partial charge < -0.3 is 5.32 Å². The highest BCUT2D eigenvalue weighted by molar-refractivity contribution is 6.04. The van der Waals surface area contributed by atoms with Gasteiger partial charge in [0.05, 0.1) is 5.56 Å². The van der Waals surface area contributed by atoms with Crippen LogP contribution in [-0.4, -0.2) is 10.9 Å². The van der Waals surface area contributed by atoms with Crippen LogP contribution in [0, 0.1) is 0 Å². The van der Waals surface area contributed by atoms with Gasteiger partial charge in [0.1, 0.15) is 5.69 Å². The molecule has 0 fully saturated rings. The van der Waals surface area contributed by atoms with Crippen LogP contribution in [-0.2, 0) is 12.6 Å². The van der Waals surface area contributed by atoms with Crippen molar-refractivity contribution in [3.8, 4) is 11.1 Å². The summed E-state index contributed by atoms with van der Waals surface area (Å²) in [6.45, 7) is 0. The largest absolute Gasteiger partial charge is 0.433 e. The van der Waals surface area contributed by atoms with Crippen LogP contribution >= 0.6 is 0 Å². The predicted octanol–water partition coefficient (Wildman–Crippen LogP) is 4.92. The fraction of sp³-hybridized carbons (Fsp3) is 0.100. The molecule has 26 heavy (non-hydrogen) atoms. The first kappa shape index (κ1) is 16.3. The number of carbonyl (C=O) groups is 1. The second-order valence-electron chi connectivity index (χ2n) is 6.09. The number of hydrogen-bond donors (Lipinski definition) is 1. The van der Waals surface area contributed by atoms with Crippen molar-refractivity contribution in [2.45, 2.75) is 12.6 Å². The Morgan fingerprint density at radius 3 is 2.46 bits per heavy atom. The Morgan fingerprint density at radius 1 is 0.962 bits per heavy atom. The molecule has 1 aliphatic carbocycles. The Bertz CT molecular complexity index is 995. The van der Waals surface area contributed by atoms with Crippen LogP contribution in [0.15, 0.2) is 60.8 Å². The third-order valence-electron chi connectivity index (χ3n) is 4.37. The van der Waals surface area contributed by atoms with Gasteiger partial charge in [0.15, 0.2) is 0 Å². The molecule has 0 atom stereocenters. The summed E-state index contributed by atoms with van der Waals surface area (Å²) in [5.41, 5.74) is 4.31. The number of hydrogen-bond acceptors (Lipinski definition) is 2. The minimum absolute atomic E-state index is 0.0711. The van der Waals surface area contributed by atoms with Crippen LogP contribution < -0.4 is 5.32 Å². The van der Waals surface area contributed by atoms with E-state index in [2.05, 4.69) is 22.4 Å². The third-order valence-corrected chi connectivity index (χ3v) is 4.37. The van der Waals surface area contributed by atoms with E-state index in [4.69, 9.17) is 0 Å². The number of benzene rings is 2. The monoisotopic (exact) mass is 354 g/mol. The highest BCUT2D eigenvalue weighted by Gasteiger charge is 2.32. The van der Waals surface area contributed by atoms with Gasteiger partial charge in [0.25, 0.3) is 5.91 Å². The van der Waals surface area contributed by atoms with Crippen LogP contribution in [0.4, 0.5) is 18.9 Å². The Kier molecular flexibility index (Phi) is 3.76. The molecule has 1 heterocycles. The number of halogens is 3. The first-order valence-corrected chi connectivity index (χ1v) is 7.97. The van der Waals surface area contributed by atoms with Crippen molar-refractivity contribution in [2.75, 3.05) is 5.32 Å². The lowest BCUT2D eigenvalue weighted by Gasteiger charge is -2.09. The molecular formula is C20H13F3N2O. The second kappa shape index (κ2) is 5.98. The average molecular weight is 354 g/mol. The molecule has 0 unspecified atom stereocenters. The summed E-state index contributed by atoms with van der Waals surface area (Å²) in [5, 5.41) is 2.71. The maximum atomic E-state index is 12.5. The minimum Gasteiger partial charge on any atom is -0.322 e. The van der Waals surface area contributed by atoms with Gasteiger partial charge in [-0.25, -0.2) is 0 Å². The summed E-state index contributed by atoms with van der Waals surface area (Å²) in [7, 11) is 0. The van der Waals surface area contributed by atoms with Gasteiger partial charge in [-0.3, -0.25) is 9.78 Å². The summed E-state index contributed by atoms with van der Waals surface area (Å²) in [6, 6.07) is 15.7. The fourth-order valence-corrected chi connectivity index (χ4v) is 3.12. The maximum Gasteiger partial charge on any atom is 0.433 e. The van der Waals surface area contributed by atoms with E-state index in [9.17, 15) is 18.0 Å². The minimum atomic E-state index is -4.52. The Labute approximate surface area is 147 Å². The zero-order chi connectivity index (χ0) is 18.3. The lowest BCUT2D eigenvalue weighted by molar-refractivity contribution is -0.141. The first-order valence-electron chi connectivity index (χ1n) is 7.97. The van der Waals surface area contributed by atoms with E-state index in [1.165, 1.54) is 11.1 Å². The van der Waals surface area contributed by atoms with Crippen molar-refractivity contribution in [3.05, 3.63) is 83.2 Å².